The number of nitrogens with one attached hydrogen (secondary N) is 4. The van der Waals surface area contributed by atoms with Gasteiger partial charge in [0.1, 0.15) is 0 Å². The molecule has 0 spiro atoms. The molecule has 4 nitrogen and oxygen atoms in total. The Hall–Kier alpha value is -0.160. The minimum absolute atomic E-state index is 0.722. The zero-order valence-corrected chi connectivity index (χ0v) is 5.98. The summed E-state index contributed by atoms with van der Waals surface area (Å²) >= 11 is 0. The maximum Gasteiger partial charge on any atom is 0.0332 e. The molecule has 2 atom stereocenters. The van der Waals surface area contributed by atoms with Crippen LogP contribution in [0.4, 0.5) is 0 Å². The average Bonchev–Trinajstić information content (AvgIpc) is 2.77. The second kappa shape index (κ2) is 2.84. The number of hydrogen-bond acceptors (Lipinski definition) is 4. The third kappa shape index (κ3) is 2.22. The molecule has 0 aromatic carbocycles. The van der Waals surface area contributed by atoms with Gasteiger partial charge in [0.25, 0.3) is 0 Å². The van der Waals surface area contributed by atoms with Crippen LogP contribution in [0.2, 0.25) is 0 Å². The smallest absolute Gasteiger partial charge is 0.0332 e. The minimum atomic E-state index is 0.722. The van der Waals surface area contributed by atoms with Gasteiger partial charge < -0.3 is 10.6 Å². The highest BCUT2D eigenvalue weighted by atomic mass is 15.4. The molecule has 2 fully saturated rings. The zero-order valence-electron chi connectivity index (χ0n) is 5.98. The Kier molecular flexibility index (Phi) is 1.86. The molecular formula is C6H14N4. The summed E-state index contributed by atoms with van der Waals surface area (Å²) in [5, 5.41) is 6.44. The molecule has 2 saturated heterocycles. The van der Waals surface area contributed by atoms with Gasteiger partial charge in [0.05, 0.1) is 0 Å². The van der Waals surface area contributed by atoms with Crippen molar-refractivity contribution in [2.45, 2.75) is 12.1 Å². The van der Waals surface area contributed by atoms with Crippen molar-refractivity contribution in [1.29, 1.82) is 0 Å². The fourth-order valence-corrected chi connectivity index (χ4v) is 0.846. The predicted molar refractivity (Wildman–Crippen MR) is 39.6 cm³/mol. The summed E-state index contributed by atoms with van der Waals surface area (Å²) in [6, 6.07) is 1.44. The number of hydrogen-bond donors (Lipinski definition) is 4. The first-order valence-corrected chi connectivity index (χ1v) is 3.87. The Morgan fingerprint density at radius 3 is 1.70 bits per heavy atom. The van der Waals surface area contributed by atoms with Crippen LogP contribution in [0, 0.1) is 0 Å². The fraction of sp³-hybridized carbons (Fsp3) is 1.00. The summed E-state index contributed by atoms with van der Waals surface area (Å²) < 4.78 is 0. The van der Waals surface area contributed by atoms with Crippen molar-refractivity contribution in [3.8, 4) is 0 Å². The van der Waals surface area contributed by atoms with Gasteiger partial charge in [-0.3, -0.25) is 10.9 Å². The van der Waals surface area contributed by atoms with Crippen LogP contribution in [0.25, 0.3) is 0 Å². The maximum absolute atomic E-state index is 3.22. The standard InChI is InChI=1S/C6H14N4/c1-5(7-1)3-9-10-4-6-2-8-6/h5-10H,1-4H2. The van der Waals surface area contributed by atoms with Crippen molar-refractivity contribution in [1.82, 2.24) is 21.5 Å². The van der Waals surface area contributed by atoms with Gasteiger partial charge in [-0.15, -0.1) is 0 Å². The average molecular weight is 142 g/mol. The van der Waals surface area contributed by atoms with Crippen LogP contribution in [-0.4, -0.2) is 38.3 Å². The van der Waals surface area contributed by atoms with Crippen molar-refractivity contribution >= 4 is 0 Å². The summed E-state index contributed by atoms with van der Waals surface area (Å²) in [5.74, 6) is 0. The van der Waals surface area contributed by atoms with Crippen LogP contribution in [0.15, 0.2) is 0 Å². The summed E-state index contributed by atoms with van der Waals surface area (Å²) in [4.78, 5) is 0. The first-order chi connectivity index (χ1) is 4.95. The van der Waals surface area contributed by atoms with E-state index >= 15 is 0 Å². The molecule has 58 valence electrons. The SMILES string of the molecule is C(NNCC1CN1)C1CN1. The molecule has 4 N–H and O–H groups in total. The lowest BCUT2D eigenvalue weighted by atomic mass is 10.5. The second-order valence-corrected chi connectivity index (χ2v) is 2.97. The lowest BCUT2D eigenvalue weighted by Gasteiger charge is -2.02. The molecule has 2 heterocycles. The summed E-state index contributed by atoms with van der Waals surface area (Å²) in [5.41, 5.74) is 6.33. The monoisotopic (exact) mass is 142 g/mol. The van der Waals surface area contributed by atoms with Gasteiger partial charge in [0, 0.05) is 38.3 Å². The third-order valence-electron chi connectivity index (χ3n) is 1.81. The van der Waals surface area contributed by atoms with Crippen molar-refractivity contribution in [3.63, 3.8) is 0 Å². The van der Waals surface area contributed by atoms with E-state index in [9.17, 15) is 0 Å². The Morgan fingerprint density at radius 1 is 1.00 bits per heavy atom. The third-order valence-corrected chi connectivity index (χ3v) is 1.81. The molecule has 2 unspecified atom stereocenters. The van der Waals surface area contributed by atoms with Gasteiger partial charge in [0.2, 0.25) is 0 Å². The van der Waals surface area contributed by atoms with E-state index in [-0.39, 0.29) is 0 Å². The van der Waals surface area contributed by atoms with Crippen LogP contribution < -0.4 is 21.5 Å². The van der Waals surface area contributed by atoms with Crippen LogP contribution in [-0.2, 0) is 0 Å². The molecule has 0 saturated carbocycles. The molecule has 4 heteroatoms. The minimum Gasteiger partial charge on any atom is -0.310 e. The van der Waals surface area contributed by atoms with E-state index in [0.29, 0.717) is 0 Å². The van der Waals surface area contributed by atoms with E-state index in [1.165, 1.54) is 13.1 Å². The Balaban J connectivity index is 1.40. The van der Waals surface area contributed by atoms with Gasteiger partial charge >= 0.3 is 0 Å². The van der Waals surface area contributed by atoms with Gasteiger partial charge in [0.15, 0.2) is 0 Å². The van der Waals surface area contributed by atoms with Crippen molar-refractivity contribution in [3.05, 3.63) is 0 Å². The van der Waals surface area contributed by atoms with Gasteiger partial charge in [-0.05, 0) is 0 Å². The molecule has 0 aromatic rings. The Morgan fingerprint density at radius 2 is 1.40 bits per heavy atom. The van der Waals surface area contributed by atoms with E-state index < -0.39 is 0 Å². The second-order valence-electron chi connectivity index (χ2n) is 2.97. The Labute approximate surface area is 60.7 Å². The van der Waals surface area contributed by atoms with Crippen LogP contribution in [0.3, 0.4) is 0 Å². The molecule has 0 aromatic heterocycles. The quantitative estimate of drug-likeness (QED) is 0.204. The van der Waals surface area contributed by atoms with Crippen LogP contribution >= 0.6 is 0 Å². The van der Waals surface area contributed by atoms with Crippen LogP contribution in [0.1, 0.15) is 0 Å². The first kappa shape index (κ1) is 6.54. The van der Waals surface area contributed by atoms with E-state index in [1.807, 2.05) is 0 Å². The summed E-state index contributed by atoms with van der Waals surface area (Å²) in [6.45, 7) is 4.45. The van der Waals surface area contributed by atoms with Crippen molar-refractivity contribution in [2.24, 2.45) is 0 Å². The first-order valence-electron chi connectivity index (χ1n) is 3.87. The van der Waals surface area contributed by atoms with Gasteiger partial charge in [-0.2, -0.15) is 0 Å². The Bertz CT molecular complexity index is 94.3. The topological polar surface area (TPSA) is 67.9 Å². The predicted octanol–water partition coefficient (Wildman–Crippen LogP) is -1.98. The largest absolute Gasteiger partial charge is 0.310 e. The molecule has 0 amide bonds. The van der Waals surface area contributed by atoms with E-state index in [0.717, 1.165) is 25.2 Å². The van der Waals surface area contributed by atoms with E-state index in [1.54, 1.807) is 0 Å². The lowest BCUT2D eigenvalue weighted by Crippen LogP contribution is -2.38. The molecule has 0 radical (unpaired) electrons. The van der Waals surface area contributed by atoms with Crippen molar-refractivity contribution < 1.29 is 0 Å². The van der Waals surface area contributed by atoms with E-state index in [4.69, 9.17) is 0 Å². The maximum atomic E-state index is 3.22. The summed E-state index contributed by atoms with van der Waals surface area (Å²) in [7, 11) is 0. The highest BCUT2D eigenvalue weighted by Gasteiger charge is 2.21. The molecule has 2 aliphatic heterocycles. The van der Waals surface area contributed by atoms with Crippen LogP contribution in [0.5, 0.6) is 0 Å². The summed E-state index contributed by atoms with van der Waals surface area (Å²) in [6.07, 6.45) is 0. The number of hydrazine groups is 1. The molecule has 10 heavy (non-hydrogen) atoms. The highest BCUT2D eigenvalue weighted by Crippen LogP contribution is 1.93. The van der Waals surface area contributed by atoms with Gasteiger partial charge in [-0.1, -0.05) is 0 Å². The molecule has 2 rings (SSSR count). The number of rotatable bonds is 5. The highest BCUT2D eigenvalue weighted by molar-refractivity contribution is 4.86. The zero-order chi connectivity index (χ0) is 6.81. The van der Waals surface area contributed by atoms with Crippen molar-refractivity contribution in [2.75, 3.05) is 26.2 Å². The fourth-order valence-electron chi connectivity index (χ4n) is 0.846. The van der Waals surface area contributed by atoms with E-state index in [2.05, 4.69) is 21.5 Å². The molecule has 0 aliphatic carbocycles. The van der Waals surface area contributed by atoms with Gasteiger partial charge in [-0.25, -0.2) is 0 Å². The molecule has 0 bridgehead atoms. The molecular weight excluding hydrogens is 128 g/mol. The normalized spacial score (nSPS) is 36.0. The molecule has 2 aliphatic rings. The lowest BCUT2D eigenvalue weighted by molar-refractivity contribution is 0.531.